The summed E-state index contributed by atoms with van der Waals surface area (Å²) in [5.74, 6) is -0.287. The second kappa shape index (κ2) is 7.97. The highest BCUT2D eigenvalue weighted by molar-refractivity contribution is 7.89. The fourth-order valence-electron chi connectivity index (χ4n) is 3.40. The predicted molar refractivity (Wildman–Crippen MR) is 110 cm³/mol. The van der Waals surface area contributed by atoms with Crippen LogP contribution in [-0.2, 0) is 23.6 Å². The fourth-order valence-corrected chi connectivity index (χ4v) is 5.19. The van der Waals surface area contributed by atoms with Crippen molar-refractivity contribution in [3.05, 3.63) is 47.3 Å². The lowest BCUT2D eigenvalue weighted by Crippen LogP contribution is -2.28. The highest BCUT2D eigenvalue weighted by Gasteiger charge is 2.31. The van der Waals surface area contributed by atoms with E-state index in [2.05, 4.69) is 5.32 Å². The molecule has 1 aliphatic rings. The van der Waals surface area contributed by atoms with Crippen LogP contribution in [0.25, 0.3) is 0 Å². The van der Waals surface area contributed by atoms with Gasteiger partial charge in [-0.1, -0.05) is 12.1 Å². The summed E-state index contributed by atoms with van der Waals surface area (Å²) < 4.78 is 28.9. The Bertz CT molecular complexity index is 956. The van der Waals surface area contributed by atoms with Crippen molar-refractivity contribution in [1.82, 2.24) is 14.2 Å². The Hall–Kier alpha value is -2.32. The molecule has 1 aromatic heterocycles. The largest absolute Gasteiger partial charge is 0.378 e. The molecule has 0 aliphatic carbocycles. The van der Waals surface area contributed by atoms with Crippen molar-refractivity contribution in [2.75, 3.05) is 32.1 Å². The summed E-state index contributed by atoms with van der Waals surface area (Å²) in [7, 11) is 2.11. The van der Waals surface area contributed by atoms with Crippen molar-refractivity contribution in [2.24, 2.45) is 7.05 Å². The van der Waals surface area contributed by atoms with Gasteiger partial charge in [0.05, 0.1) is 0 Å². The summed E-state index contributed by atoms with van der Waals surface area (Å²) >= 11 is 0. The minimum atomic E-state index is -3.56. The van der Waals surface area contributed by atoms with Gasteiger partial charge in [0.1, 0.15) is 10.6 Å². The molecular formula is C20H28N4O3S. The molecule has 0 atom stereocenters. The van der Waals surface area contributed by atoms with E-state index in [0.717, 1.165) is 24.1 Å². The zero-order chi connectivity index (χ0) is 20.5. The number of carbonyl (C=O) groups is 1. The zero-order valence-corrected chi connectivity index (χ0v) is 17.7. The molecule has 1 aromatic carbocycles. The first-order valence-corrected chi connectivity index (χ1v) is 10.9. The number of anilines is 1. The molecule has 0 spiro atoms. The summed E-state index contributed by atoms with van der Waals surface area (Å²) in [6.45, 7) is 3.20. The maximum absolute atomic E-state index is 12.9. The lowest BCUT2D eigenvalue weighted by Gasteiger charge is -2.15. The smallest absolute Gasteiger partial charge is 0.268 e. The van der Waals surface area contributed by atoms with Crippen molar-refractivity contribution in [2.45, 2.75) is 31.2 Å². The normalized spacial score (nSPS) is 15.0. The Morgan fingerprint density at radius 3 is 2.32 bits per heavy atom. The van der Waals surface area contributed by atoms with E-state index in [1.807, 2.05) is 43.3 Å². The average Bonchev–Trinajstić information content (AvgIpc) is 3.30. The van der Waals surface area contributed by atoms with E-state index >= 15 is 0 Å². The van der Waals surface area contributed by atoms with Crippen molar-refractivity contribution < 1.29 is 13.2 Å². The first-order chi connectivity index (χ1) is 13.2. The number of aromatic nitrogens is 1. The summed E-state index contributed by atoms with van der Waals surface area (Å²) in [5.41, 5.74) is 2.99. The van der Waals surface area contributed by atoms with E-state index in [1.54, 1.807) is 18.5 Å². The minimum Gasteiger partial charge on any atom is -0.378 e. The molecule has 2 heterocycles. The lowest BCUT2D eigenvalue weighted by atomic mass is 10.2. The molecule has 0 saturated carbocycles. The molecule has 0 radical (unpaired) electrons. The minimum absolute atomic E-state index is 0.220. The van der Waals surface area contributed by atoms with Gasteiger partial charge < -0.3 is 14.8 Å². The lowest BCUT2D eigenvalue weighted by molar-refractivity contribution is 0.0942. The van der Waals surface area contributed by atoms with Crippen molar-refractivity contribution >= 4 is 21.6 Å². The van der Waals surface area contributed by atoms with Gasteiger partial charge in [-0.3, -0.25) is 4.79 Å². The van der Waals surface area contributed by atoms with Crippen molar-refractivity contribution in [1.29, 1.82) is 0 Å². The van der Waals surface area contributed by atoms with Gasteiger partial charge in [0.15, 0.2) is 0 Å². The van der Waals surface area contributed by atoms with Crippen LogP contribution in [0.2, 0.25) is 0 Å². The molecule has 152 valence electrons. The standard InChI is InChI=1S/C20H28N4O3S/c1-15-19(28(26,27)24-11-5-6-12-24)13-18(23(15)4)20(25)21-14-16-7-9-17(10-8-16)22(2)3/h7-10,13H,5-6,11-12,14H2,1-4H3,(H,21,25). The predicted octanol–water partition coefficient (Wildman–Crippen LogP) is 2.11. The number of amides is 1. The molecular weight excluding hydrogens is 376 g/mol. The van der Waals surface area contributed by atoms with Crippen LogP contribution < -0.4 is 10.2 Å². The van der Waals surface area contributed by atoms with Gasteiger partial charge in [0, 0.05) is 52.2 Å². The molecule has 28 heavy (non-hydrogen) atoms. The molecule has 1 fully saturated rings. The van der Waals surface area contributed by atoms with Crippen LogP contribution >= 0.6 is 0 Å². The summed E-state index contributed by atoms with van der Waals surface area (Å²) in [6.07, 6.45) is 1.76. The van der Waals surface area contributed by atoms with Gasteiger partial charge in [-0.05, 0) is 43.5 Å². The second-order valence-electron chi connectivity index (χ2n) is 7.39. The average molecular weight is 405 g/mol. The van der Waals surface area contributed by atoms with Gasteiger partial charge >= 0.3 is 0 Å². The number of hydrogen-bond acceptors (Lipinski definition) is 4. The number of sulfonamides is 1. The van der Waals surface area contributed by atoms with Gasteiger partial charge in [-0.15, -0.1) is 0 Å². The molecule has 0 unspecified atom stereocenters. The van der Waals surface area contributed by atoms with Gasteiger partial charge in [0.2, 0.25) is 10.0 Å². The number of nitrogens with zero attached hydrogens (tertiary/aromatic N) is 3. The van der Waals surface area contributed by atoms with Gasteiger partial charge in [0.25, 0.3) is 5.91 Å². The van der Waals surface area contributed by atoms with E-state index in [9.17, 15) is 13.2 Å². The maximum atomic E-state index is 12.9. The number of benzene rings is 1. The number of carbonyl (C=O) groups excluding carboxylic acids is 1. The number of nitrogens with one attached hydrogen (secondary N) is 1. The van der Waals surface area contributed by atoms with Crippen molar-refractivity contribution in [3.8, 4) is 0 Å². The van der Waals surface area contributed by atoms with E-state index in [0.29, 0.717) is 31.0 Å². The van der Waals surface area contributed by atoms with E-state index in [4.69, 9.17) is 0 Å². The first kappa shape index (κ1) is 20.4. The summed E-state index contributed by atoms with van der Waals surface area (Å²) in [4.78, 5) is 14.9. The van der Waals surface area contributed by atoms with Gasteiger partial charge in [-0.2, -0.15) is 4.31 Å². The fraction of sp³-hybridized carbons (Fsp3) is 0.450. The number of hydrogen-bond donors (Lipinski definition) is 1. The molecule has 8 heteroatoms. The highest BCUT2D eigenvalue weighted by Crippen LogP contribution is 2.26. The molecule has 0 bridgehead atoms. The molecule has 1 saturated heterocycles. The zero-order valence-electron chi connectivity index (χ0n) is 16.9. The van der Waals surface area contributed by atoms with Gasteiger partial charge in [-0.25, -0.2) is 8.42 Å². The summed E-state index contributed by atoms with van der Waals surface area (Å²) in [6, 6.07) is 9.42. The molecule has 1 N–H and O–H groups in total. The van der Waals surface area contributed by atoms with Crippen LogP contribution in [-0.4, -0.2) is 50.4 Å². The van der Waals surface area contributed by atoms with E-state index in [-0.39, 0.29) is 10.8 Å². The van der Waals surface area contributed by atoms with Crippen LogP contribution in [0.1, 0.15) is 34.6 Å². The quantitative estimate of drug-likeness (QED) is 0.800. The molecule has 7 nitrogen and oxygen atoms in total. The maximum Gasteiger partial charge on any atom is 0.268 e. The Morgan fingerprint density at radius 1 is 1.14 bits per heavy atom. The van der Waals surface area contributed by atoms with E-state index in [1.165, 1.54) is 10.4 Å². The van der Waals surface area contributed by atoms with Crippen LogP contribution in [0.4, 0.5) is 5.69 Å². The molecule has 3 rings (SSSR count). The first-order valence-electron chi connectivity index (χ1n) is 9.42. The Labute approximate surface area is 167 Å². The van der Waals surface area contributed by atoms with Crippen LogP contribution in [0.5, 0.6) is 0 Å². The third-order valence-electron chi connectivity index (χ3n) is 5.31. The Kier molecular flexibility index (Phi) is 5.81. The highest BCUT2D eigenvalue weighted by atomic mass is 32.2. The monoisotopic (exact) mass is 404 g/mol. The topological polar surface area (TPSA) is 74.7 Å². The van der Waals surface area contributed by atoms with E-state index < -0.39 is 10.0 Å². The third-order valence-corrected chi connectivity index (χ3v) is 7.32. The SMILES string of the molecule is Cc1c(S(=O)(=O)N2CCCC2)cc(C(=O)NCc2ccc(N(C)C)cc2)n1C. The van der Waals surface area contributed by atoms with Crippen LogP contribution in [0, 0.1) is 6.92 Å². The third kappa shape index (κ3) is 3.93. The van der Waals surface area contributed by atoms with Crippen LogP contribution in [0.3, 0.4) is 0 Å². The molecule has 1 aliphatic heterocycles. The summed E-state index contributed by atoms with van der Waals surface area (Å²) in [5, 5.41) is 2.88. The Morgan fingerprint density at radius 2 is 1.75 bits per heavy atom. The van der Waals surface area contributed by atoms with Crippen LogP contribution in [0.15, 0.2) is 35.2 Å². The van der Waals surface area contributed by atoms with Crippen molar-refractivity contribution in [3.63, 3.8) is 0 Å². The second-order valence-corrected chi connectivity index (χ2v) is 9.30. The Balaban J connectivity index is 1.75. The number of rotatable bonds is 6. The molecule has 1 amide bonds. The molecule has 2 aromatic rings.